The van der Waals surface area contributed by atoms with E-state index in [1.807, 2.05) is 12.1 Å². The molecule has 0 spiro atoms. The smallest absolute Gasteiger partial charge is 0.139 e. The summed E-state index contributed by atoms with van der Waals surface area (Å²) in [5.74, 6) is 0.776. The van der Waals surface area contributed by atoms with E-state index in [1.54, 1.807) is 0 Å². The lowest BCUT2D eigenvalue weighted by molar-refractivity contribution is 0.167. The average molecular weight is 322 g/mol. The molecule has 2 rings (SSSR count). The fourth-order valence-electron chi connectivity index (χ4n) is 1.59. The van der Waals surface area contributed by atoms with Crippen molar-refractivity contribution in [3.05, 3.63) is 26.6 Å². The van der Waals surface area contributed by atoms with Crippen LogP contribution in [0.2, 0.25) is 0 Å². The summed E-state index contributed by atoms with van der Waals surface area (Å²) in [6.07, 6.45) is 1.23. The summed E-state index contributed by atoms with van der Waals surface area (Å²) >= 11 is 6.83. The van der Waals surface area contributed by atoms with Crippen LogP contribution in [0.25, 0.3) is 0 Å². The molecule has 0 aliphatic carbocycles. The molecular formula is C10H10Br2O2. The van der Waals surface area contributed by atoms with Crippen molar-refractivity contribution in [1.29, 1.82) is 0 Å². The maximum Gasteiger partial charge on any atom is 0.139 e. The van der Waals surface area contributed by atoms with Gasteiger partial charge in [-0.25, -0.2) is 0 Å². The Morgan fingerprint density at radius 1 is 1.36 bits per heavy atom. The molecule has 76 valence electrons. The van der Waals surface area contributed by atoms with Crippen LogP contribution in [0.3, 0.4) is 0 Å². The maximum absolute atomic E-state index is 9.87. The summed E-state index contributed by atoms with van der Waals surface area (Å²) in [5, 5.41) is 9.87. The first-order valence-electron chi connectivity index (χ1n) is 4.48. The Kier molecular flexibility index (Phi) is 3.14. The minimum absolute atomic E-state index is 0.415. The van der Waals surface area contributed by atoms with Gasteiger partial charge in [-0.3, -0.25) is 0 Å². The lowest BCUT2D eigenvalue weighted by Crippen LogP contribution is -1.97. The Morgan fingerprint density at radius 2 is 2.14 bits per heavy atom. The van der Waals surface area contributed by atoms with Gasteiger partial charge in [0.2, 0.25) is 0 Å². The highest BCUT2D eigenvalue weighted by Gasteiger charge is 2.20. The average Bonchev–Trinajstić information content (AvgIpc) is 2.29. The molecule has 14 heavy (non-hydrogen) atoms. The van der Waals surface area contributed by atoms with Crippen molar-refractivity contribution in [2.24, 2.45) is 0 Å². The molecule has 2 nitrogen and oxygen atoms in total. The van der Waals surface area contributed by atoms with Crippen molar-refractivity contribution in [2.75, 3.05) is 6.61 Å². The third-order valence-corrected chi connectivity index (χ3v) is 3.31. The maximum atomic E-state index is 9.87. The Labute approximate surface area is 99.5 Å². The Hall–Kier alpha value is -0.0600. The highest BCUT2D eigenvalue weighted by molar-refractivity contribution is 9.11. The highest BCUT2D eigenvalue weighted by atomic mass is 79.9. The van der Waals surface area contributed by atoms with Crippen molar-refractivity contribution in [2.45, 2.75) is 18.9 Å². The van der Waals surface area contributed by atoms with Crippen LogP contribution in [-0.4, -0.2) is 11.7 Å². The molecule has 1 aliphatic rings. The second-order valence-corrected chi connectivity index (χ2v) is 5.08. The summed E-state index contributed by atoms with van der Waals surface area (Å²) < 4.78 is 7.42. The molecule has 0 amide bonds. The fraction of sp³-hybridized carbons (Fsp3) is 0.400. The van der Waals surface area contributed by atoms with Gasteiger partial charge in [-0.2, -0.15) is 0 Å². The Balaban J connectivity index is 2.53. The number of hydrogen-bond donors (Lipinski definition) is 1. The molecule has 4 heteroatoms. The highest BCUT2D eigenvalue weighted by Crippen LogP contribution is 2.39. The molecule has 0 bridgehead atoms. The van der Waals surface area contributed by atoms with Gasteiger partial charge in [-0.05, 0) is 40.9 Å². The van der Waals surface area contributed by atoms with Crippen LogP contribution < -0.4 is 4.74 Å². The van der Waals surface area contributed by atoms with Crippen LogP contribution in [0.1, 0.15) is 24.5 Å². The van der Waals surface area contributed by atoms with Crippen LogP contribution in [0.15, 0.2) is 21.1 Å². The van der Waals surface area contributed by atoms with Crippen LogP contribution >= 0.6 is 31.9 Å². The summed E-state index contributed by atoms with van der Waals surface area (Å²) in [4.78, 5) is 0. The predicted molar refractivity (Wildman–Crippen MR) is 61.5 cm³/mol. The number of benzene rings is 1. The molecule has 1 N–H and O–H groups in total. The van der Waals surface area contributed by atoms with E-state index in [4.69, 9.17) is 4.74 Å². The lowest BCUT2D eigenvalue weighted by atomic mass is 10.1. The third-order valence-electron chi connectivity index (χ3n) is 2.26. The SMILES string of the molecule is O[C@H]1CCCOc2c(Br)cc(Br)cc21. The molecule has 0 unspecified atom stereocenters. The van der Waals surface area contributed by atoms with Crippen molar-refractivity contribution >= 4 is 31.9 Å². The topological polar surface area (TPSA) is 29.5 Å². The number of ether oxygens (including phenoxy) is 1. The van der Waals surface area contributed by atoms with Crippen molar-refractivity contribution in [3.63, 3.8) is 0 Å². The zero-order valence-corrected chi connectivity index (χ0v) is 10.6. The van der Waals surface area contributed by atoms with Gasteiger partial charge in [0, 0.05) is 10.0 Å². The molecule has 0 saturated carbocycles. The van der Waals surface area contributed by atoms with Gasteiger partial charge in [0.15, 0.2) is 0 Å². The van der Waals surface area contributed by atoms with Gasteiger partial charge in [-0.15, -0.1) is 0 Å². The van der Waals surface area contributed by atoms with E-state index in [-0.39, 0.29) is 0 Å². The van der Waals surface area contributed by atoms with Gasteiger partial charge in [-0.1, -0.05) is 15.9 Å². The number of aliphatic hydroxyl groups excluding tert-OH is 1. The van der Waals surface area contributed by atoms with Crippen molar-refractivity contribution < 1.29 is 9.84 Å². The quantitative estimate of drug-likeness (QED) is 0.793. The molecule has 0 fully saturated rings. The number of halogens is 2. The Morgan fingerprint density at radius 3 is 2.93 bits per heavy atom. The largest absolute Gasteiger partial charge is 0.492 e. The molecule has 1 aromatic carbocycles. The second-order valence-electron chi connectivity index (χ2n) is 3.31. The predicted octanol–water partition coefficient (Wildman–Crippen LogP) is 3.42. The molecule has 1 heterocycles. The molecule has 0 radical (unpaired) electrons. The van der Waals surface area contributed by atoms with E-state index in [2.05, 4.69) is 31.9 Å². The van der Waals surface area contributed by atoms with Gasteiger partial charge in [0.25, 0.3) is 0 Å². The third kappa shape index (κ3) is 1.97. The number of fused-ring (bicyclic) bond motifs is 1. The minimum atomic E-state index is -0.415. The van der Waals surface area contributed by atoms with Gasteiger partial charge in [0.1, 0.15) is 5.75 Å². The normalized spacial score (nSPS) is 20.9. The van der Waals surface area contributed by atoms with E-state index in [0.717, 1.165) is 33.1 Å². The molecule has 0 saturated heterocycles. The van der Waals surface area contributed by atoms with Crippen LogP contribution in [0.4, 0.5) is 0 Å². The fourth-order valence-corrected chi connectivity index (χ4v) is 2.96. The Bertz CT molecular complexity index is 352. The molecule has 1 atom stereocenters. The number of aliphatic hydroxyl groups is 1. The van der Waals surface area contributed by atoms with Crippen molar-refractivity contribution in [1.82, 2.24) is 0 Å². The van der Waals surface area contributed by atoms with Gasteiger partial charge in [0.05, 0.1) is 17.2 Å². The standard InChI is InChI=1S/C10H10Br2O2/c11-6-4-7-9(13)2-1-3-14-10(7)8(12)5-6/h4-5,9,13H,1-3H2/t9-/m0/s1. The molecule has 1 aromatic rings. The first-order valence-corrected chi connectivity index (χ1v) is 6.07. The molecule has 1 aliphatic heterocycles. The van der Waals surface area contributed by atoms with E-state index in [0.29, 0.717) is 6.61 Å². The first kappa shape index (κ1) is 10.5. The van der Waals surface area contributed by atoms with Gasteiger partial charge >= 0.3 is 0 Å². The lowest BCUT2D eigenvalue weighted by Gasteiger charge is -2.12. The molecule has 0 aromatic heterocycles. The van der Waals surface area contributed by atoms with Gasteiger partial charge < -0.3 is 9.84 Å². The zero-order valence-electron chi connectivity index (χ0n) is 7.46. The number of rotatable bonds is 0. The monoisotopic (exact) mass is 320 g/mol. The van der Waals surface area contributed by atoms with E-state index < -0.39 is 6.10 Å². The molecular weight excluding hydrogens is 312 g/mol. The van der Waals surface area contributed by atoms with E-state index >= 15 is 0 Å². The van der Waals surface area contributed by atoms with Crippen LogP contribution in [-0.2, 0) is 0 Å². The van der Waals surface area contributed by atoms with E-state index in [9.17, 15) is 5.11 Å². The second kappa shape index (κ2) is 4.21. The summed E-state index contributed by atoms with van der Waals surface area (Å²) in [6.45, 7) is 0.671. The van der Waals surface area contributed by atoms with Crippen molar-refractivity contribution in [3.8, 4) is 5.75 Å². The zero-order chi connectivity index (χ0) is 10.1. The van der Waals surface area contributed by atoms with E-state index in [1.165, 1.54) is 0 Å². The van der Waals surface area contributed by atoms with Crippen LogP contribution in [0.5, 0.6) is 5.75 Å². The summed E-state index contributed by atoms with van der Waals surface area (Å²) in [5.41, 5.74) is 0.865. The van der Waals surface area contributed by atoms with Crippen LogP contribution in [0, 0.1) is 0 Å². The first-order chi connectivity index (χ1) is 6.68. The summed E-state index contributed by atoms with van der Waals surface area (Å²) in [7, 11) is 0. The number of hydrogen-bond acceptors (Lipinski definition) is 2. The summed E-state index contributed by atoms with van der Waals surface area (Å²) in [6, 6.07) is 3.84. The minimum Gasteiger partial charge on any atom is -0.492 e.